The molecule has 8 atom stereocenters. The van der Waals surface area contributed by atoms with Crippen LogP contribution in [0.2, 0.25) is 0 Å². The number of fused-ring (bicyclic) bond motifs is 5. The average molecular weight is 747 g/mol. The van der Waals surface area contributed by atoms with Gasteiger partial charge in [-0.15, -0.1) is 0 Å². The number of carboxylic acids is 1. The minimum Gasteiger partial charge on any atom is -0.511 e. The van der Waals surface area contributed by atoms with Gasteiger partial charge in [-0.05, 0) is 121 Å². The number of benzene rings is 3. The molecular weight excluding hydrogens is 689 g/mol. The quantitative estimate of drug-likeness (QED) is 0.0683. The Morgan fingerprint density at radius 3 is 2.38 bits per heavy atom. The molecule has 7 heteroatoms. The standard InChI is InChI=1S/C48H58O7/c49-30-33-18-17-31(25-33)9-3-1-2-4-11-34-13-8-16-41(46(52)53)44(47(54)55)48(24-23-37-28-36-12-5-6-15-40(36)45(51)43(37)29-48)38-14-7-10-32(26-38)27-42(34)35-19-21-39(50)22-20-35/h5-8,10,12,14-16,19-22,25-26,28,31,34,37,41-44,46,49-53H,1-4,9,11,13,17-18,23-24,27,29-30H2,(H,54,55). The predicted octanol–water partition coefficient (Wildman–Crippen LogP) is 7.41. The molecule has 0 radical (unpaired) electrons. The zero-order valence-corrected chi connectivity index (χ0v) is 31.8. The van der Waals surface area contributed by atoms with Crippen molar-refractivity contribution in [3.8, 4) is 5.75 Å². The van der Waals surface area contributed by atoms with Crippen molar-refractivity contribution in [1.82, 2.24) is 0 Å². The van der Waals surface area contributed by atoms with E-state index in [1.54, 1.807) is 18.2 Å². The van der Waals surface area contributed by atoms with Crippen LogP contribution in [0.25, 0.3) is 11.8 Å². The monoisotopic (exact) mass is 746 g/mol. The maximum atomic E-state index is 13.6. The number of hydrogen-bond acceptors (Lipinski definition) is 6. The van der Waals surface area contributed by atoms with E-state index in [-0.39, 0.29) is 41.8 Å². The summed E-state index contributed by atoms with van der Waals surface area (Å²) < 4.78 is 0. The molecule has 2 bridgehead atoms. The van der Waals surface area contributed by atoms with E-state index in [4.69, 9.17) is 0 Å². The Labute approximate surface area is 325 Å². The third-order valence-electron chi connectivity index (χ3n) is 13.7. The Balaban J connectivity index is 1.22. The number of rotatable bonds is 11. The van der Waals surface area contributed by atoms with Crippen LogP contribution in [-0.2, 0) is 16.6 Å². The average Bonchev–Trinajstić information content (AvgIpc) is 3.65. The van der Waals surface area contributed by atoms with Crippen LogP contribution in [0, 0.1) is 35.5 Å². The van der Waals surface area contributed by atoms with Crippen LogP contribution in [0.3, 0.4) is 0 Å². The molecule has 55 heavy (non-hydrogen) atoms. The van der Waals surface area contributed by atoms with Gasteiger partial charge >= 0.3 is 5.97 Å². The fourth-order valence-corrected chi connectivity index (χ4v) is 10.8. The lowest BCUT2D eigenvalue weighted by molar-refractivity contribution is -0.158. The van der Waals surface area contributed by atoms with Gasteiger partial charge in [0.15, 0.2) is 6.29 Å². The summed E-state index contributed by atoms with van der Waals surface area (Å²) in [5, 5.41) is 66.3. The topological polar surface area (TPSA) is 138 Å². The number of phenolic OH excluding ortho intramolecular Hbond substituents is 1. The fraction of sp³-hybridized carbons (Fsp3) is 0.479. The third-order valence-corrected chi connectivity index (χ3v) is 13.7. The van der Waals surface area contributed by atoms with Crippen LogP contribution in [0.15, 0.2) is 96.6 Å². The van der Waals surface area contributed by atoms with E-state index in [9.17, 15) is 35.4 Å². The molecule has 0 aliphatic heterocycles. The lowest BCUT2D eigenvalue weighted by Gasteiger charge is -2.50. The number of aromatic hydroxyl groups is 1. The van der Waals surface area contributed by atoms with E-state index >= 15 is 0 Å². The van der Waals surface area contributed by atoms with E-state index in [0.717, 1.165) is 84.9 Å². The van der Waals surface area contributed by atoms with Crippen LogP contribution < -0.4 is 10.4 Å². The van der Waals surface area contributed by atoms with Gasteiger partial charge in [0, 0.05) is 22.5 Å². The van der Waals surface area contributed by atoms with E-state index in [1.807, 2.05) is 54.6 Å². The molecule has 1 fully saturated rings. The number of carbonyl (C=O) groups is 1. The van der Waals surface area contributed by atoms with Gasteiger partial charge < -0.3 is 30.6 Å². The summed E-state index contributed by atoms with van der Waals surface area (Å²) >= 11 is 0. The van der Waals surface area contributed by atoms with Gasteiger partial charge in [-0.25, -0.2) is 0 Å². The van der Waals surface area contributed by atoms with E-state index in [0.29, 0.717) is 31.6 Å². The summed E-state index contributed by atoms with van der Waals surface area (Å²) in [6.45, 7) is 0.174. The second kappa shape index (κ2) is 17.3. The molecule has 4 aliphatic carbocycles. The lowest BCUT2D eigenvalue weighted by Crippen LogP contribution is -2.52. The number of aliphatic carboxylic acids is 1. The molecule has 3 aromatic carbocycles. The van der Waals surface area contributed by atoms with Crippen LogP contribution in [0.4, 0.5) is 0 Å². The maximum Gasteiger partial charge on any atom is 0.308 e. The molecule has 7 rings (SSSR count). The molecule has 6 N–H and O–H groups in total. The van der Waals surface area contributed by atoms with Crippen molar-refractivity contribution in [2.45, 2.75) is 101 Å². The second-order valence-electron chi connectivity index (χ2n) is 16.9. The molecule has 0 heterocycles. The molecule has 1 spiro atoms. The number of allylic oxidation sites excluding steroid dienone is 2. The molecule has 0 amide bonds. The van der Waals surface area contributed by atoms with Gasteiger partial charge in [-0.1, -0.05) is 111 Å². The Bertz CT molecular complexity index is 1980. The molecule has 0 saturated heterocycles. The van der Waals surface area contributed by atoms with Crippen molar-refractivity contribution in [2.75, 3.05) is 6.61 Å². The van der Waals surface area contributed by atoms with Crippen LogP contribution in [0.5, 0.6) is 5.75 Å². The fourth-order valence-electron chi connectivity index (χ4n) is 10.8. The largest absolute Gasteiger partial charge is 0.511 e. The Kier molecular flexibility index (Phi) is 12.3. The van der Waals surface area contributed by atoms with Crippen molar-refractivity contribution < 1.29 is 35.4 Å². The first-order valence-electron chi connectivity index (χ1n) is 20.6. The summed E-state index contributed by atoms with van der Waals surface area (Å²) in [5.74, 6) is -2.14. The third kappa shape index (κ3) is 8.50. The SMILES string of the molecule is O=C(O)C1C(C(O)O)C=CCC(CCCCCCC2C=C(CO)CC2)C(c2ccc(O)cc2)Cc2cccc(c2)C12CCC1C=c3ccccc3=C(O)C1C2. The summed E-state index contributed by atoms with van der Waals surface area (Å²) in [6.07, 6.45) is 18.0. The number of hydrogen-bond donors (Lipinski definition) is 6. The Hall–Kier alpha value is -4.17. The van der Waals surface area contributed by atoms with Gasteiger partial charge in [0.2, 0.25) is 0 Å². The molecule has 0 aromatic heterocycles. The normalized spacial score (nSPS) is 29.1. The highest BCUT2D eigenvalue weighted by atomic mass is 16.5. The van der Waals surface area contributed by atoms with Gasteiger partial charge in [0.05, 0.1) is 12.5 Å². The highest BCUT2D eigenvalue weighted by molar-refractivity contribution is 5.74. The zero-order chi connectivity index (χ0) is 38.5. The van der Waals surface area contributed by atoms with E-state index < -0.39 is 29.5 Å². The first kappa shape index (κ1) is 39.1. The summed E-state index contributed by atoms with van der Waals surface area (Å²) in [5.41, 5.74) is 3.30. The van der Waals surface area contributed by atoms with Gasteiger partial charge in [-0.2, -0.15) is 0 Å². The number of phenols is 1. The molecule has 4 aliphatic rings. The minimum absolute atomic E-state index is 0.0471. The maximum absolute atomic E-state index is 13.6. The number of aliphatic hydroxyl groups excluding tert-OH is 3. The Morgan fingerprint density at radius 1 is 0.855 bits per heavy atom. The highest BCUT2D eigenvalue weighted by Gasteiger charge is 2.54. The van der Waals surface area contributed by atoms with Crippen molar-refractivity contribution >= 4 is 17.8 Å². The summed E-state index contributed by atoms with van der Waals surface area (Å²) in [6, 6.07) is 23.6. The van der Waals surface area contributed by atoms with Crippen LogP contribution in [0.1, 0.15) is 99.7 Å². The molecular formula is C48H58O7. The smallest absolute Gasteiger partial charge is 0.308 e. The van der Waals surface area contributed by atoms with Crippen LogP contribution >= 0.6 is 0 Å². The molecule has 7 nitrogen and oxygen atoms in total. The molecule has 8 unspecified atom stereocenters. The second-order valence-corrected chi connectivity index (χ2v) is 16.9. The van der Waals surface area contributed by atoms with Crippen LogP contribution in [-0.4, -0.2) is 49.5 Å². The summed E-state index contributed by atoms with van der Waals surface area (Å²) in [4.78, 5) is 13.6. The zero-order valence-electron chi connectivity index (χ0n) is 31.8. The molecule has 292 valence electrons. The van der Waals surface area contributed by atoms with E-state index in [2.05, 4.69) is 24.3 Å². The minimum atomic E-state index is -1.89. The number of aliphatic hydroxyl groups is 4. The Morgan fingerprint density at radius 2 is 1.64 bits per heavy atom. The molecule has 1 saturated carbocycles. The van der Waals surface area contributed by atoms with Crippen molar-refractivity contribution in [1.29, 1.82) is 0 Å². The number of unbranched alkanes of at least 4 members (excludes halogenated alkanes) is 3. The van der Waals surface area contributed by atoms with Crippen molar-refractivity contribution in [3.05, 3.63) is 124 Å². The lowest BCUT2D eigenvalue weighted by atomic mass is 9.53. The van der Waals surface area contributed by atoms with Crippen molar-refractivity contribution in [3.63, 3.8) is 0 Å². The van der Waals surface area contributed by atoms with Gasteiger partial charge in [0.1, 0.15) is 11.5 Å². The van der Waals surface area contributed by atoms with Gasteiger partial charge in [-0.3, -0.25) is 4.79 Å². The highest BCUT2D eigenvalue weighted by Crippen LogP contribution is 2.54. The van der Waals surface area contributed by atoms with Crippen molar-refractivity contribution in [2.24, 2.45) is 35.5 Å². The number of carboxylic acid groups (broad SMARTS) is 1. The van der Waals surface area contributed by atoms with E-state index in [1.165, 1.54) is 5.57 Å². The first-order chi connectivity index (χ1) is 26.7. The predicted molar refractivity (Wildman–Crippen MR) is 215 cm³/mol. The van der Waals surface area contributed by atoms with Gasteiger partial charge in [0.25, 0.3) is 0 Å². The summed E-state index contributed by atoms with van der Waals surface area (Å²) in [7, 11) is 0. The molecule has 3 aromatic rings. The first-order valence-corrected chi connectivity index (χ1v) is 20.6.